The molecule has 0 radical (unpaired) electrons. The molecule has 0 aliphatic rings. The summed E-state index contributed by atoms with van der Waals surface area (Å²) in [5.74, 6) is 0.944. The summed E-state index contributed by atoms with van der Waals surface area (Å²) >= 11 is 0. The maximum atomic E-state index is 5.34. The van der Waals surface area contributed by atoms with Crippen LogP contribution in [0.3, 0.4) is 0 Å². The van der Waals surface area contributed by atoms with Gasteiger partial charge in [0, 0.05) is 23.9 Å². The van der Waals surface area contributed by atoms with Crippen LogP contribution in [0.15, 0.2) is 0 Å². The number of hydrogen-bond acceptors (Lipinski definition) is 3. The maximum Gasteiger partial charge on any atom is 0.151 e. The summed E-state index contributed by atoms with van der Waals surface area (Å²) < 4.78 is 5.34. The molecule has 0 saturated carbocycles. The van der Waals surface area contributed by atoms with Crippen LogP contribution in [0.4, 0.5) is 5.82 Å². The van der Waals surface area contributed by atoms with E-state index in [2.05, 4.69) is 36.3 Å². The van der Waals surface area contributed by atoms with Crippen LogP contribution in [-0.4, -0.2) is 29.5 Å². The molecule has 1 unspecified atom stereocenters. The topological polar surface area (TPSA) is 49.9 Å². The molecule has 0 fully saturated rings. The summed E-state index contributed by atoms with van der Waals surface area (Å²) in [6.07, 6.45) is 0.986. The van der Waals surface area contributed by atoms with Gasteiger partial charge in [-0.05, 0) is 27.2 Å². The number of hydrogen-bond donors (Lipinski definition) is 2. The van der Waals surface area contributed by atoms with Gasteiger partial charge in [0.2, 0.25) is 0 Å². The predicted molar refractivity (Wildman–Crippen MR) is 62.3 cm³/mol. The second-order valence-electron chi connectivity index (χ2n) is 3.73. The zero-order valence-corrected chi connectivity index (χ0v) is 10.1. The average Bonchev–Trinajstić information content (AvgIpc) is 2.57. The minimum absolute atomic E-state index is 0.289. The van der Waals surface area contributed by atoms with E-state index in [0.717, 1.165) is 18.8 Å². The van der Waals surface area contributed by atoms with Crippen LogP contribution < -0.4 is 5.32 Å². The number of nitrogens with zero attached hydrogens (tertiary/aromatic N) is 1. The lowest BCUT2D eigenvalue weighted by atomic mass is 10.2. The van der Waals surface area contributed by atoms with Crippen LogP contribution in [-0.2, 0) is 11.2 Å². The van der Waals surface area contributed by atoms with Crippen molar-refractivity contribution in [3.8, 4) is 0 Å². The van der Waals surface area contributed by atoms with Gasteiger partial charge in [-0.15, -0.1) is 0 Å². The Morgan fingerprint density at radius 3 is 2.73 bits per heavy atom. The fourth-order valence-electron chi connectivity index (χ4n) is 1.49. The molecule has 4 heteroatoms. The Bertz CT molecular complexity index is 296. The van der Waals surface area contributed by atoms with Crippen molar-refractivity contribution in [1.29, 1.82) is 0 Å². The summed E-state index contributed by atoms with van der Waals surface area (Å²) in [4.78, 5) is 0. The first kappa shape index (κ1) is 12.0. The molecule has 4 nitrogen and oxygen atoms in total. The molecule has 0 amide bonds. The summed E-state index contributed by atoms with van der Waals surface area (Å²) in [7, 11) is 0. The molecule has 1 aromatic rings. The average molecular weight is 211 g/mol. The lowest BCUT2D eigenvalue weighted by Crippen LogP contribution is -2.22. The highest BCUT2D eigenvalue weighted by atomic mass is 16.5. The van der Waals surface area contributed by atoms with Gasteiger partial charge < -0.3 is 10.1 Å². The van der Waals surface area contributed by atoms with Crippen molar-refractivity contribution < 1.29 is 4.74 Å². The minimum atomic E-state index is 0.289. The smallest absolute Gasteiger partial charge is 0.151 e. The highest BCUT2D eigenvalue weighted by Gasteiger charge is 2.09. The third-order valence-corrected chi connectivity index (χ3v) is 2.42. The molecule has 0 aliphatic heterocycles. The molecule has 0 aromatic carbocycles. The first-order valence-corrected chi connectivity index (χ1v) is 5.57. The molecule has 1 rings (SSSR count). The van der Waals surface area contributed by atoms with Crippen molar-refractivity contribution in [2.45, 2.75) is 40.2 Å². The Morgan fingerprint density at radius 1 is 1.47 bits per heavy atom. The van der Waals surface area contributed by atoms with Gasteiger partial charge in [-0.3, -0.25) is 5.10 Å². The van der Waals surface area contributed by atoms with Crippen molar-refractivity contribution in [1.82, 2.24) is 10.2 Å². The van der Waals surface area contributed by atoms with E-state index < -0.39 is 0 Å². The summed E-state index contributed by atoms with van der Waals surface area (Å²) in [5, 5.41) is 10.6. The van der Waals surface area contributed by atoms with Gasteiger partial charge in [-0.2, -0.15) is 5.10 Å². The van der Waals surface area contributed by atoms with E-state index in [1.54, 1.807) is 0 Å². The molecule has 0 spiro atoms. The van der Waals surface area contributed by atoms with Gasteiger partial charge in [-0.1, -0.05) is 6.92 Å². The van der Waals surface area contributed by atoms with E-state index in [0.29, 0.717) is 6.61 Å². The molecular weight excluding hydrogens is 190 g/mol. The number of anilines is 1. The molecule has 15 heavy (non-hydrogen) atoms. The Labute approximate surface area is 91.4 Å². The largest absolute Gasteiger partial charge is 0.380 e. The fraction of sp³-hybridized carbons (Fsp3) is 0.727. The zero-order chi connectivity index (χ0) is 11.3. The monoisotopic (exact) mass is 211 g/mol. The number of aromatic amines is 1. The Kier molecular flexibility index (Phi) is 4.62. The molecule has 0 bridgehead atoms. The number of rotatable bonds is 6. The van der Waals surface area contributed by atoms with Crippen LogP contribution in [0, 0.1) is 6.92 Å². The Balaban J connectivity index is 2.52. The minimum Gasteiger partial charge on any atom is -0.380 e. The van der Waals surface area contributed by atoms with E-state index in [9.17, 15) is 0 Å². The zero-order valence-electron chi connectivity index (χ0n) is 10.1. The highest BCUT2D eigenvalue weighted by Crippen LogP contribution is 2.16. The van der Waals surface area contributed by atoms with Crippen molar-refractivity contribution in [3.05, 3.63) is 11.3 Å². The number of H-pyrrole nitrogens is 1. The van der Waals surface area contributed by atoms with Crippen molar-refractivity contribution in [2.75, 3.05) is 18.5 Å². The summed E-state index contributed by atoms with van der Waals surface area (Å²) in [6, 6.07) is 0.289. The lowest BCUT2D eigenvalue weighted by Gasteiger charge is -2.13. The SMILES string of the molecule is CCOCC(C)Nc1n[nH]c(CC)c1C. The second-order valence-corrected chi connectivity index (χ2v) is 3.73. The standard InChI is InChI=1S/C11H21N3O/c1-5-10-9(4)11(14-13-10)12-8(3)7-15-6-2/h8H,5-7H2,1-4H3,(H2,12,13,14). The van der Waals surface area contributed by atoms with E-state index in [-0.39, 0.29) is 6.04 Å². The van der Waals surface area contributed by atoms with Crippen LogP contribution >= 0.6 is 0 Å². The number of aromatic nitrogens is 2. The van der Waals surface area contributed by atoms with Crippen molar-refractivity contribution in [3.63, 3.8) is 0 Å². The molecule has 0 saturated heterocycles. The predicted octanol–water partition coefficient (Wildman–Crippen LogP) is 2.12. The second kappa shape index (κ2) is 5.75. The van der Waals surface area contributed by atoms with E-state index in [1.807, 2.05) is 6.92 Å². The molecule has 2 N–H and O–H groups in total. The first-order chi connectivity index (χ1) is 7.19. The van der Waals surface area contributed by atoms with Gasteiger partial charge in [0.1, 0.15) is 0 Å². The fourth-order valence-corrected chi connectivity index (χ4v) is 1.49. The highest BCUT2D eigenvalue weighted by molar-refractivity contribution is 5.46. The molecule has 1 atom stereocenters. The van der Waals surface area contributed by atoms with Crippen LogP contribution in [0.5, 0.6) is 0 Å². The third-order valence-electron chi connectivity index (χ3n) is 2.42. The van der Waals surface area contributed by atoms with Crippen molar-refractivity contribution in [2.24, 2.45) is 0 Å². The van der Waals surface area contributed by atoms with Gasteiger partial charge in [0.25, 0.3) is 0 Å². The van der Waals surface area contributed by atoms with E-state index in [4.69, 9.17) is 4.74 Å². The van der Waals surface area contributed by atoms with Gasteiger partial charge in [-0.25, -0.2) is 0 Å². The Morgan fingerprint density at radius 2 is 2.20 bits per heavy atom. The normalized spacial score (nSPS) is 12.8. The van der Waals surface area contributed by atoms with Gasteiger partial charge in [0.05, 0.1) is 6.61 Å². The maximum absolute atomic E-state index is 5.34. The quantitative estimate of drug-likeness (QED) is 0.757. The van der Waals surface area contributed by atoms with E-state index in [1.165, 1.54) is 11.3 Å². The molecular formula is C11H21N3O. The number of ether oxygens (including phenoxy) is 1. The molecule has 1 heterocycles. The van der Waals surface area contributed by atoms with Gasteiger partial charge in [0.15, 0.2) is 5.82 Å². The molecule has 0 aliphatic carbocycles. The third kappa shape index (κ3) is 3.23. The van der Waals surface area contributed by atoms with Crippen LogP contribution in [0.25, 0.3) is 0 Å². The number of aryl methyl sites for hydroxylation is 1. The van der Waals surface area contributed by atoms with Crippen molar-refractivity contribution >= 4 is 5.82 Å². The number of nitrogens with one attached hydrogen (secondary N) is 2. The summed E-state index contributed by atoms with van der Waals surface area (Å²) in [5.41, 5.74) is 2.40. The van der Waals surface area contributed by atoms with Gasteiger partial charge >= 0.3 is 0 Å². The molecule has 1 aromatic heterocycles. The molecule has 86 valence electrons. The Hall–Kier alpha value is -1.03. The summed E-state index contributed by atoms with van der Waals surface area (Å²) in [6.45, 7) is 9.76. The van der Waals surface area contributed by atoms with Crippen LogP contribution in [0.1, 0.15) is 32.0 Å². The lowest BCUT2D eigenvalue weighted by molar-refractivity contribution is 0.141. The van der Waals surface area contributed by atoms with Crippen LogP contribution in [0.2, 0.25) is 0 Å². The first-order valence-electron chi connectivity index (χ1n) is 5.57. The van der Waals surface area contributed by atoms with E-state index >= 15 is 0 Å².